The Morgan fingerprint density at radius 3 is 2.52 bits per heavy atom. The first-order valence-corrected chi connectivity index (χ1v) is 10.9. The molecule has 2 amide bonds. The molecule has 1 aromatic rings. The van der Waals surface area contributed by atoms with E-state index in [0.717, 1.165) is 37.4 Å². The van der Waals surface area contributed by atoms with Crippen molar-refractivity contribution in [2.75, 3.05) is 24.2 Å². The van der Waals surface area contributed by atoms with Gasteiger partial charge in [-0.2, -0.15) is 0 Å². The van der Waals surface area contributed by atoms with Gasteiger partial charge in [-0.05, 0) is 54.4 Å². The Morgan fingerprint density at radius 2 is 1.93 bits per heavy atom. The lowest BCUT2D eigenvalue weighted by atomic mass is 9.77. The highest BCUT2D eigenvalue weighted by atomic mass is 32.2. The van der Waals surface area contributed by atoms with Gasteiger partial charge in [0.15, 0.2) is 0 Å². The SMILES string of the molecule is CC(=O)Nc1ccc(SC[C@H](C)CN2CC[C@H](C(C)(C)C)CCC2=O)cc1. The Kier molecular flexibility index (Phi) is 7.78. The molecule has 1 heterocycles. The molecule has 0 bridgehead atoms. The molecule has 4 nitrogen and oxygen atoms in total. The standard InChI is InChI=1S/C22H34N2O2S/c1-16(15-27-20-9-7-19(8-10-20)23-17(2)25)14-24-13-12-18(22(3,4)5)6-11-21(24)26/h7-10,16,18H,6,11-15H2,1-5H3,(H,23,25)/t16-,18-/m1/s1. The van der Waals surface area contributed by atoms with Crippen LogP contribution >= 0.6 is 11.8 Å². The Hall–Kier alpha value is -1.49. The van der Waals surface area contributed by atoms with Gasteiger partial charge in [0, 0.05) is 42.8 Å². The summed E-state index contributed by atoms with van der Waals surface area (Å²) in [6.07, 6.45) is 2.81. The second-order valence-electron chi connectivity index (χ2n) is 8.85. The number of hydrogen-bond donors (Lipinski definition) is 1. The molecule has 5 heteroatoms. The average Bonchev–Trinajstić information content (AvgIpc) is 2.76. The van der Waals surface area contributed by atoms with Crippen molar-refractivity contribution in [1.82, 2.24) is 4.90 Å². The summed E-state index contributed by atoms with van der Waals surface area (Å²) in [5.41, 5.74) is 1.10. The summed E-state index contributed by atoms with van der Waals surface area (Å²) in [5, 5.41) is 2.78. The van der Waals surface area contributed by atoms with E-state index in [9.17, 15) is 9.59 Å². The largest absolute Gasteiger partial charge is 0.342 e. The maximum atomic E-state index is 12.5. The number of carbonyl (C=O) groups is 2. The van der Waals surface area contributed by atoms with Gasteiger partial charge in [-0.25, -0.2) is 0 Å². The van der Waals surface area contributed by atoms with E-state index in [0.29, 0.717) is 24.2 Å². The highest BCUT2D eigenvalue weighted by Gasteiger charge is 2.30. The third kappa shape index (κ3) is 7.21. The van der Waals surface area contributed by atoms with Crippen molar-refractivity contribution < 1.29 is 9.59 Å². The van der Waals surface area contributed by atoms with Gasteiger partial charge in [-0.1, -0.05) is 27.7 Å². The summed E-state index contributed by atoms with van der Waals surface area (Å²) < 4.78 is 0. The molecule has 0 aromatic heterocycles. The highest BCUT2D eigenvalue weighted by Crippen LogP contribution is 2.34. The molecule has 1 aliphatic heterocycles. The molecule has 2 atom stereocenters. The lowest BCUT2D eigenvalue weighted by Gasteiger charge is -2.30. The second kappa shape index (κ2) is 9.63. The molecule has 1 N–H and O–H groups in total. The quantitative estimate of drug-likeness (QED) is 0.692. The molecule has 0 unspecified atom stereocenters. The number of nitrogens with zero attached hydrogens (tertiary/aromatic N) is 1. The van der Waals surface area contributed by atoms with Gasteiger partial charge in [0.2, 0.25) is 11.8 Å². The molecule has 2 rings (SSSR count). The Balaban J connectivity index is 1.81. The lowest BCUT2D eigenvalue weighted by molar-refractivity contribution is -0.131. The first-order valence-electron chi connectivity index (χ1n) is 9.93. The van der Waals surface area contributed by atoms with Crippen molar-refractivity contribution >= 4 is 29.3 Å². The topological polar surface area (TPSA) is 49.4 Å². The van der Waals surface area contributed by atoms with Crippen LogP contribution in [0.2, 0.25) is 0 Å². The fraction of sp³-hybridized carbons (Fsp3) is 0.636. The molecule has 0 radical (unpaired) electrons. The number of likely N-dealkylation sites (tertiary alicyclic amines) is 1. The van der Waals surface area contributed by atoms with Gasteiger partial charge in [0.1, 0.15) is 0 Å². The third-order valence-corrected chi connectivity index (χ3v) is 6.61. The number of amides is 2. The molecular weight excluding hydrogens is 356 g/mol. The van der Waals surface area contributed by atoms with Crippen LogP contribution in [0.4, 0.5) is 5.69 Å². The van der Waals surface area contributed by atoms with Crippen LogP contribution in [0.3, 0.4) is 0 Å². The van der Waals surface area contributed by atoms with Crippen molar-refractivity contribution in [3.8, 4) is 0 Å². The second-order valence-corrected chi connectivity index (χ2v) is 9.95. The fourth-order valence-electron chi connectivity index (χ4n) is 3.60. The van der Waals surface area contributed by atoms with Crippen LogP contribution in [-0.2, 0) is 9.59 Å². The van der Waals surface area contributed by atoms with E-state index in [1.165, 1.54) is 11.8 Å². The molecule has 1 saturated heterocycles. The van der Waals surface area contributed by atoms with E-state index in [4.69, 9.17) is 0 Å². The van der Waals surface area contributed by atoms with Crippen LogP contribution in [0.15, 0.2) is 29.2 Å². The maximum absolute atomic E-state index is 12.5. The van der Waals surface area contributed by atoms with E-state index in [1.807, 2.05) is 24.3 Å². The van der Waals surface area contributed by atoms with Gasteiger partial charge in [0.05, 0.1) is 0 Å². The first kappa shape index (κ1) is 21.8. The summed E-state index contributed by atoms with van der Waals surface area (Å²) in [4.78, 5) is 26.9. The zero-order valence-corrected chi connectivity index (χ0v) is 18.2. The number of rotatable bonds is 6. The summed E-state index contributed by atoms with van der Waals surface area (Å²) >= 11 is 1.81. The average molecular weight is 391 g/mol. The minimum atomic E-state index is -0.0557. The van der Waals surface area contributed by atoms with E-state index in [1.54, 1.807) is 11.8 Å². The number of benzene rings is 1. The van der Waals surface area contributed by atoms with E-state index >= 15 is 0 Å². The van der Waals surface area contributed by atoms with Gasteiger partial charge >= 0.3 is 0 Å². The number of hydrogen-bond acceptors (Lipinski definition) is 3. The van der Waals surface area contributed by atoms with Crippen LogP contribution in [0.1, 0.15) is 53.9 Å². The zero-order valence-electron chi connectivity index (χ0n) is 17.4. The van der Waals surface area contributed by atoms with E-state index in [2.05, 4.69) is 37.9 Å². The summed E-state index contributed by atoms with van der Waals surface area (Å²) in [7, 11) is 0. The van der Waals surface area contributed by atoms with E-state index in [-0.39, 0.29) is 11.3 Å². The van der Waals surface area contributed by atoms with Gasteiger partial charge in [-0.15, -0.1) is 11.8 Å². The van der Waals surface area contributed by atoms with Crippen molar-refractivity contribution in [3.05, 3.63) is 24.3 Å². The molecule has 150 valence electrons. The lowest BCUT2D eigenvalue weighted by Crippen LogP contribution is -2.35. The maximum Gasteiger partial charge on any atom is 0.222 e. The molecule has 1 aliphatic rings. The minimum absolute atomic E-state index is 0.0557. The van der Waals surface area contributed by atoms with E-state index < -0.39 is 0 Å². The van der Waals surface area contributed by atoms with Crippen LogP contribution < -0.4 is 5.32 Å². The number of nitrogens with one attached hydrogen (secondary N) is 1. The van der Waals surface area contributed by atoms with Crippen LogP contribution in [0.5, 0.6) is 0 Å². The molecule has 0 spiro atoms. The predicted molar refractivity (Wildman–Crippen MR) is 114 cm³/mol. The Bertz CT molecular complexity index is 637. The monoisotopic (exact) mass is 390 g/mol. The normalized spacial score (nSPS) is 19.5. The number of carbonyl (C=O) groups excluding carboxylic acids is 2. The summed E-state index contributed by atoms with van der Waals surface area (Å²) in [6.45, 7) is 12.3. The van der Waals surface area contributed by atoms with Crippen LogP contribution in [0, 0.1) is 17.3 Å². The number of anilines is 1. The van der Waals surface area contributed by atoms with Crippen molar-refractivity contribution in [2.24, 2.45) is 17.3 Å². The van der Waals surface area contributed by atoms with Crippen LogP contribution in [-0.4, -0.2) is 35.6 Å². The van der Waals surface area contributed by atoms with Gasteiger partial charge in [0.25, 0.3) is 0 Å². The molecule has 0 saturated carbocycles. The molecule has 1 aromatic carbocycles. The van der Waals surface area contributed by atoms with Gasteiger partial charge in [-0.3, -0.25) is 9.59 Å². The first-order chi connectivity index (χ1) is 12.6. The predicted octanol–water partition coefficient (Wildman–Crippen LogP) is 5.05. The smallest absolute Gasteiger partial charge is 0.222 e. The fourth-order valence-corrected chi connectivity index (χ4v) is 4.51. The molecule has 27 heavy (non-hydrogen) atoms. The molecule has 0 aliphatic carbocycles. The van der Waals surface area contributed by atoms with Crippen molar-refractivity contribution in [3.63, 3.8) is 0 Å². The van der Waals surface area contributed by atoms with Crippen molar-refractivity contribution in [1.29, 1.82) is 0 Å². The van der Waals surface area contributed by atoms with Crippen molar-refractivity contribution in [2.45, 2.75) is 58.8 Å². The highest BCUT2D eigenvalue weighted by molar-refractivity contribution is 7.99. The minimum Gasteiger partial charge on any atom is -0.342 e. The van der Waals surface area contributed by atoms with Crippen LogP contribution in [0.25, 0.3) is 0 Å². The summed E-state index contributed by atoms with van der Waals surface area (Å²) in [6, 6.07) is 7.93. The Labute approximate surface area is 168 Å². The summed E-state index contributed by atoms with van der Waals surface area (Å²) in [5.74, 6) is 2.31. The number of thioether (sulfide) groups is 1. The molecular formula is C22H34N2O2S. The van der Waals surface area contributed by atoms with Gasteiger partial charge < -0.3 is 10.2 Å². The zero-order chi connectivity index (χ0) is 20.0. The molecule has 1 fully saturated rings. The Morgan fingerprint density at radius 1 is 1.26 bits per heavy atom. The third-order valence-electron chi connectivity index (χ3n) is 5.27.